The summed E-state index contributed by atoms with van der Waals surface area (Å²) in [5.41, 5.74) is 21.5. The predicted octanol–water partition coefficient (Wildman–Crippen LogP) is 22.4. The first-order valence-electron chi connectivity index (χ1n) is 31.4. The number of hydrogen-bond acceptors (Lipinski definition) is 4. The number of aromatic nitrogens is 8. The van der Waals surface area contributed by atoms with Crippen molar-refractivity contribution in [2.45, 2.75) is 0 Å². The van der Waals surface area contributed by atoms with Gasteiger partial charge in [0.05, 0.1) is 66.2 Å². The van der Waals surface area contributed by atoms with Gasteiger partial charge in [-0.1, -0.05) is 188 Å². The molecule has 9 heteroatoms. The minimum Gasteiger partial charge on any atom is -0.358 e. The topological polar surface area (TPSA) is 70.8 Å². The molecule has 21 rings (SSSR count). The summed E-state index contributed by atoms with van der Waals surface area (Å²) in [7, 11) is 0. The van der Waals surface area contributed by atoms with Crippen LogP contribution in [0.3, 0.4) is 0 Å². The van der Waals surface area contributed by atoms with E-state index >= 15 is 0 Å². The number of fused-ring (bicyclic) bond motifs is 21. The minimum absolute atomic E-state index is 0. The molecule has 7 aromatic heterocycles. The highest BCUT2D eigenvalue weighted by atomic mass is 35.5. The Morgan fingerprint density at radius 2 is 0.670 bits per heavy atom. The smallest absolute Gasteiger partial charge is 0.176 e. The Morgan fingerprint density at radius 3 is 1.26 bits per heavy atom. The van der Waals surface area contributed by atoms with E-state index in [1.165, 1.54) is 98.1 Å². The lowest BCUT2D eigenvalue weighted by atomic mass is 9.97. The quantitative estimate of drug-likeness (QED) is 0.161. The van der Waals surface area contributed by atoms with Crippen LogP contribution in [0, 0.1) is 7.43 Å². The molecule has 0 saturated heterocycles. The largest absolute Gasteiger partial charge is 0.358 e. The fourth-order valence-electron chi connectivity index (χ4n) is 15.1. The van der Waals surface area contributed by atoms with Crippen LogP contribution in [0.2, 0.25) is 5.15 Å². The van der Waals surface area contributed by atoms with E-state index in [4.69, 9.17) is 26.6 Å². The number of para-hydroxylation sites is 8. The average molecular weight is 1220 g/mol. The Balaban J connectivity index is 0.000000132. The van der Waals surface area contributed by atoms with E-state index in [0.717, 1.165) is 82.9 Å². The fraction of sp³-hybridized carbons (Fsp3) is 0. The van der Waals surface area contributed by atoms with Crippen molar-refractivity contribution in [2.24, 2.45) is 0 Å². The lowest BCUT2D eigenvalue weighted by molar-refractivity contribution is 1.08. The second-order valence-corrected chi connectivity index (χ2v) is 24.6. The summed E-state index contributed by atoms with van der Waals surface area (Å²) >= 11 is 6.82. The van der Waals surface area contributed by atoms with Gasteiger partial charge < -0.3 is 16.6 Å². The first-order chi connectivity index (χ1) is 46.0. The van der Waals surface area contributed by atoms with E-state index in [0.29, 0.717) is 11.0 Å². The van der Waals surface area contributed by atoms with E-state index in [1.54, 1.807) is 0 Å². The molecule has 0 amide bonds. The molecule has 0 fully saturated rings. The first-order valence-corrected chi connectivity index (χ1v) is 31.8. The summed E-state index contributed by atoms with van der Waals surface area (Å²) < 4.78 is 9.22. The summed E-state index contributed by atoms with van der Waals surface area (Å²) in [6, 6.07) is 106. The Hall–Kier alpha value is -12.2. The monoisotopic (exact) mass is 1220 g/mol. The van der Waals surface area contributed by atoms with Gasteiger partial charge in [0.2, 0.25) is 0 Å². The molecule has 0 radical (unpaired) electrons. The van der Waals surface area contributed by atoms with Crippen molar-refractivity contribution in [1.82, 2.24) is 38.0 Å². The number of halogens is 1. The third-order valence-corrected chi connectivity index (χ3v) is 19.4. The molecular formula is C85H52ClN8-. The third-order valence-electron chi connectivity index (χ3n) is 19.2. The maximum atomic E-state index is 6.82. The van der Waals surface area contributed by atoms with Gasteiger partial charge in [0.15, 0.2) is 16.6 Å². The Bertz CT molecular complexity index is 6700. The summed E-state index contributed by atoms with van der Waals surface area (Å²) in [5.74, 6) is 0.631. The lowest BCUT2D eigenvalue weighted by Gasteiger charge is -2.10. The molecule has 7 heterocycles. The highest BCUT2D eigenvalue weighted by molar-refractivity contribution is 6.32. The first kappa shape index (κ1) is 53.6. The average Bonchev–Trinajstić information content (AvgIpc) is 1.55. The van der Waals surface area contributed by atoms with Crippen LogP contribution in [-0.2, 0) is 0 Å². The van der Waals surface area contributed by atoms with Gasteiger partial charge in [0.1, 0.15) is 5.52 Å². The molecule has 0 N–H and O–H groups in total. The molecule has 21 aromatic rings. The molecule has 0 spiro atoms. The van der Waals surface area contributed by atoms with Crippen molar-refractivity contribution < 1.29 is 0 Å². The van der Waals surface area contributed by atoms with Crippen LogP contribution in [-0.4, -0.2) is 38.0 Å². The molecule has 0 aliphatic rings. The van der Waals surface area contributed by atoms with Gasteiger partial charge in [-0.15, -0.1) is 0 Å². The standard InChI is InChI=1S/C42H25ClN4.C42H24N4.CH3/c43-41-42(45-35-16-8-7-15-34(35)44-41)47-36-17-9-6-14-31(36)32-24-27(19-21-37(32)47)28-20-22-38-33(25-28)40-30-13-5-4-10-26(30)18-23-39(40)46(38)29-11-2-1-3-12-29;1-2-11-28(12-3-1)45-37-20-19-26(22-32(37)39-29-13-5-4-10-25(29)18-21-38(39)45)27-23-31-30-14-6-9-17-36(30)46-41(31)33(24-27)40-42(46)44-35-16-8-7-15-34(35)43-40;/h1-25H;1-24H;1H3/q;;-1. The molecule has 0 aliphatic heterocycles. The summed E-state index contributed by atoms with van der Waals surface area (Å²) in [6.07, 6.45) is 0. The van der Waals surface area contributed by atoms with E-state index < -0.39 is 0 Å². The van der Waals surface area contributed by atoms with Crippen molar-refractivity contribution in [1.29, 1.82) is 0 Å². The van der Waals surface area contributed by atoms with Crippen molar-refractivity contribution in [3.8, 4) is 39.4 Å². The van der Waals surface area contributed by atoms with Crippen molar-refractivity contribution in [3.63, 3.8) is 0 Å². The molecule has 0 atom stereocenters. The third kappa shape index (κ3) is 7.87. The van der Waals surface area contributed by atoms with Crippen LogP contribution in [0.1, 0.15) is 0 Å². The van der Waals surface area contributed by atoms with Gasteiger partial charge in [-0.2, -0.15) is 0 Å². The van der Waals surface area contributed by atoms with Crippen LogP contribution >= 0.6 is 11.6 Å². The molecule has 440 valence electrons. The molecule has 0 saturated carbocycles. The van der Waals surface area contributed by atoms with Gasteiger partial charge in [-0.3, -0.25) is 8.97 Å². The highest BCUT2D eigenvalue weighted by Crippen LogP contribution is 2.45. The number of rotatable bonds is 5. The summed E-state index contributed by atoms with van der Waals surface area (Å²) in [4.78, 5) is 20.0. The van der Waals surface area contributed by atoms with E-state index in [2.05, 4.69) is 278 Å². The van der Waals surface area contributed by atoms with Gasteiger partial charge in [-0.05, 0) is 165 Å². The van der Waals surface area contributed by atoms with Crippen LogP contribution in [0.4, 0.5) is 0 Å². The SMILES string of the molecule is Clc1nc2ccccc2nc1-n1c2ccccc2c2cc(-c3ccc4c(c3)c3c5ccccc5ccc3n4-c3ccccc3)ccc21.[CH3-].c1ccc(-n2c3ccc(-c4cc5c6ccccc6n6c7nc8ccccc8nc7c(c4)c56)cc3c3c4ccccc4ccc32)cc1. The van der Waals surface area contributed by atoms with Crippen molar-refractivity contribution in [2.75, 3.05) is 0 Å². The van der Waals surface area contributed by atoms with Crippen molar-refractivity contribution >= 4 is 159 Å². The molecule has 14 aromatic carbocycles. The molecule has 0 aliphatic carbocycles. The molecule has 0 bridgehead atoms. The zero-order chi connectivity index (χ0) is 61.0. The zero-order valence-electron chi connectivity index (χ0n) is 50.7. The normalized spacial score (nSPS) is 12.0. The molecule has 94 heavy (non-hydrogen) atoms. The van der Waals surface area contributed by atoms with Crippen LogP contribution < -0.4 is 0 Å². The van der Waals surface area contributed by atoms with Gasteiger partial charge >= 0.3 is 0 Å². The maximum Gasteiger partial charge on any atom is 0.176 e. The number of nitrogens with zero attached hydrogens (tertiary/aromatic N) is 8. The van der Waals surface area contributed by atoms with Gasteiger partial charge in [-0.25, -0.2) is 19.9 Å². The molecule has 8 nitrogen and oxygen atoms in total. The highest BCUT2D eigenvalue weighted by Gasteiger charge is 2.24. The second-order valence-electron chi connectivity index (χ2n) is 24.2. The maximum absolute atomic E-state index is 6.82. The van der Waals surface area contributed by atoms with Gasteiger partial charge in [0.25, 0.3) is 0 Å². The lowest BCUT2D eigenvalue weighted by Crippen LogP contribution is -2.01. The van der Waals surface area contributed by atoms with Crippen LogP contribution in [0.25, 0.3) is 187 Å². The zero-order valence-corrected chi connectivity index (χ0v) is 51.5. The Morgan fingerprint density at radius 1 is 0.266 bits per heavy atom. The van der Waals surface area contributed by atoms with Crippen molar-refractivity contribution in [3.05, 3.63) is 310 Å². The van der Waals surface area contributed by atoms with Crippen LogP contribution in [0.15, 0.2) is 297 Å². The van der Waals surface area contributed by atoms with E-state index in [-0.39, 0.29) is 7.43 Å². The van der Waals surface area contributed by atoms with E-state index in [1.807, 2.05) is 42.5 Å². The van der Waals surface area contributed by atoms with Crippen LogP contribution in [0.5, 0.6) is 0 Å². The fourth-order valence-corrected chi connectivity index (χ4v) is 15.4. The number of hydrogen-bond donors (Lipinski definition) is 0. The van der Waals surface area contributed by atoms with Gasteiger partial charge in [0, 0.05) is 59.9 Å². The predicted molar refractivity (Wildman–Crippen MR) is 394 cm³/mol. The summed E-state index contributed by atoms with van der Waals surface area (Å²) in [5, 5.41) is 16.3. The minimum atomic E-state index is 0. The molecule has 0 unspecified atom stereocenters. The Labute approximate surface area is 543 Å². The summed E-state index contributed by atoms with van der Waals surface area (Å²) in [6.45, 7) is 0. The molecular weight excluding hydrogens is 1170 g/mol. The number of benzene rings is 14. The van der Waals surface area contributed by atoms with E-state index in [9.17, 15) is 0 Å². The second kappa shape index (κ2) is 20.6. The Kier molecular flexibility index (Phi) is 11.8.